The molecule has 39 heavy (non-hydrogen) atoms. The summed E-state index contributed by atoms with van der Waals surface area (Å²) in [6.07, 6.45) is 4.21. The van der Waals surface area contributed by atoms with Gasteiger partial charge in [-0.25, -0.2) is 14.8 Å². The number of non-ortho nitro benzene ring substituents is 1. The van der Waals surface area contributed by atoms with E-state index in [4.69, 9.17) is 19.4 Å². The van der Waals surface area contributed by atoms with Crippen molar-refractivity contribution in [1.82, 2.24) is 19.9 Å². The van der Waals surface area contributed by atoms with E-state index in [1.807, 2.05) is 6.07 Å². The molecule has 2 aliphatic rings. The second-order valence-corrected chi connectivity index (χ2v) is 10.1. The average Bonchev–Trinajstić information content (AvgIpc) is 3.35. The predicted octanol–water partition coefficient (Wildman–Crippen LogP) is 4.53. The SMILES string of the molecule is COC(=O)c1ccc2c(c1)[nH]c1nc(-c3cccc([N+](=O)[O-])c3)nc(N[C@H]3CC[C@H](N4CCOCC4)CC3)c12. The van der Waals surface area contributed by atoms with Gasteiger partial charge in [0.2, 0.25) is 0 Å². The second-order valence-electron chi connectivity index (χ2n) is 10.1. The first kappa shape index (κ1) is 25.2. The molecule has 2 aromatic carbocycles. The largest absolute Gasteiger partial charge is 0.465 e. The summed E-state index contributed by atoms with van der Waals surface area (Å²) in [4.78, 5) is 38.6. The molecule has 0 spiro atoms. The summed E-state index contributed by atoms with van der Waals surface area (Å²) >= 11 is 0. The van der Waals surface area contributed by atoms with E-state index in [9.17, 15) is 14.9 Å². The summed E-state index contributed by atoms with van der Waals surface area (Å²) < 4.78 is 10.4. The number of nitro benzene ring substituents is 1. The molecule has 11 nitrogen and oxygen atoms in total. The van der Waals surface area contributed by atoms with Crippen LogP contribution in [0.3, 0.4) is 0 Å². The Morgan fingerprint density at radius 1 is 1.13 bits per heavy atom. The number of ether oxygens (including phenoxy) is 2. The van der Waals surface area contributed by atoms with Gasteiger partial charge in [-0.05, 0) is 37.8 Å². The van der Waals surface area contributed by atoms with Gasteiger partial charge in [-0.2, -0.15) is 0 Å². The van der Waals surface area contributed by atoms with E-state index in [0.717, 1.165) is 68.3 Å². The zero-order valence-corrected chi connectivity index (χ0v) is 21.7. The van der Waals surface area contributed by atoms with E-state index >= 15 is 0 Å². The first-order valence-corrected chi connectivity index (χ1v) is 13.2. The predicted molar refractivity (Wildman–Crippen MR) is 147 cm³/mol. The highest BCUT2D eigenvalue weighted by atomic mass is 16.6. The molecular formula is C28H30N6O5. The van der Waals surface area contributed by atoms with Gasteiger partial charge in [0.25, 0.3) is 5.69 Å². The maximum atomic E-state index is 12.1. The standard InChI is InChI=1S/C28H30N6O5/c1-38-28(35)18-5-10-22-23(16-18)30-27-24(22)26(31-25(32-27)17-3-2-4-21(15-17)34(36)37)29-19-6-8-20(9-7-19)33-11-13-39-14-12-33/h2-5,10,15-16,19-20H,6-9,11-14H2,1H3,(H2,29,30,31,32)/t19-,20-. The van der Waals surface area contributed by atoms with Crippen LogP contribution in [0, 0.1) is 10.1 Å². The van der Waals surface area contributed by atoms with E-state index < -0.39 is 10.9 Å². The molecule has 1 aliphatic heterocycles. The molecule has 0 radical (unpaired) electrons. The number of hydrogen-bond acceptors (Lipinski definition) is 9. The van der Waals surface area contributed by atoms with Crippen molar-refractivity contribution in [2.24, 2.45) is 0 Å². The van der Waals surface area contributed by atoms with Gasteiger partial charge in [0, 0.05) is 53.8 Å². The summed E-state index contributed by atoms with van der Waals surface area (Å²) in [6.45, 7) is 3.58. The number of aromatic nitrogens is 3. The van der Waals surface area contributed by atoms with E-state index in [2.05, 4.69) is 15.2 Å². The van der Waals surface area contributed by atoms with Gasteiger partial charge in [0.1, 0.15) is 11.5 Å². The third kappa shape index (κ3) is 5.02. The van der Waals surface area contributed by atoms with Crippen molar-refractivity contribution in [3.05, 3.63) is 58.1 Å². The molecule has 0 atom stereocenters. The highest BCUT2D eigenvalue weighted by molar-refractivity contribution is 6.12. The Kier molecular flexibility index (Phi) is 6.84. The van der Waals surface area contributed by atoms with Crippen LogP contribution in [0.5, 0.6) is 0 Å². The summed E-state index contributed by atoms with van der Waals surface area (Å²) in [5.74, 6) is 0.637. The molecule has 0 unspecified atom stereocenters. The molecule has 0 bridgehead atoms. The third-order valence-corrected chi connectivity index (χ3v) is 7.79. The number of esters is 1. The number of benzene rings is 2. The third-order valence-electron chi connectivity index (χ3n) is 7.79. The van der Waals surface area contributed by atoms with Crippen LogP contribution >= 0.6 is 0 Å². The van der Waals surface area contributed by atoms with Crippen molar-refractivity contribution in [2.75, 3.05) is 38.7 Å². The van der Waals surface area contributed by atoms with Crippen LogP contribution in [0.25, 0.3) is 33.3 Å². The number of nitrogens with zero attached hydrogens (tertiary/aromatic N) is 4. The van der Waals surface area contributed by atoms with Crippen molar-refractivity contribution in [1.29, 1.82) is 0 Å². The molecule has 1 saturated heterocycles. The van der Waals surface area contributed by atoms with Gasteiger partial charge in [-0.15, -0.1) is 0 Å². The lowest BCUT2D eigenvalue weighted by molar-refractivity contribution is -0.384. The summed E-state index contributed by atoms with van der Waals surface area (Å²) in [7, 11) is 1.35. The first-order valence-electron chi connectivity index (χ1n) is 13.2. The fourth-order valence-corrected chi connectivity index (χ4v) is 5.76. The monoisotopic (exact) mass is 530 g/mol. The molecule has 3 heterocycles. The molecular weight excluding hydrogens is 500 g/mol. The number of nitro groups is 1. The fourth-order valence-electron chi connectivity index (χ4n) is 5.76. The van der Waals surface area contributed by atoms with Gasteiger partial charge >= 0.3 is 5.97 Å². The highest BCUT2D eigenvalue weighted by Crippen LogP contribution is 2.35. The van der Waals surface area contributed by atoms with Crippen molar-refractivity contribution in [3.63, 3.8) is 0 Å². The normalized spacial score (nSPS) is 20.2. The molecule has 2 fully saturated rings. The van der Waals surface area contributed by atoms with Gasteiger partial charge < -0.3 is 19.8 Å². The van der Waals surface area contributed by atoms with Crippen LogP contribution in [0.15, 0.2) is 42.5 Å². The Morgan fingerprint density at radius 2 is 1.92 bits per heavy atom. The van der Waals surface area contributed by atoms with E-state index in [0.29, 0.717) is 34.5 Å². The highest BCUT2D eigenvalue weighted by Gasteiger charge is 2.28. The Balaban J connectivity index is 1.37. The molecule has 0 amide bonds. The molecule has 1 aliphatic carbocycles. The maximum Gasteiger partial charge on any atom is 0.337 e. The van der Waals surface area contributed by atoms with Crippen molar-refractivity contribution < 1.29 is 19.2 Å². The lowest BCUT2D eigenvalue weighted by atomic mass is 9.90. The molecule has 1 saturated carbocycles. The van der Waals surface area contributed by atoms with Gasteiger partial charge in [-0.3, -0.25) is 15.0 Å². The Labute approximate surface area is 224 Å². The zero-order chi connectivity index (χ0) is 26.9. The summed E-state index contributed by atoms with van der Waals surface area (Å²) in [5, 5.41) is 16.8. The number of morpholine rings is 1. The first-order chi connectivity index (χ1) is 19.0. The van der Waals surface area contributed by atoms with Crippen LogP contribution in [0.1, 0.15) is 36.0 Å². The minimum atomic E-state index is -0.425. The van der Waals surface area contributed by atoms with Crippen molar-refractivity contribution in [2.45, 2.75) is 37.8 Å². The van der Waals surface area contributed by atoms with Crippen LogP contribution in [0.2, 0.25) is 0 Å². The maximum absolute atomic E-state index is 12.1. The Morgan fingerprint density at radius 3 is 2.67 bits per heavy atom. The number of rotatable bonds is 6. The molecule has 6 rings (SSSR count). The molecule has 202 valence electrons. The summed E-state index contributed by atoms with van der Waals surface area (Å²) in [6, 6.07) is 12.5. The van der Waals surface area contributed by atoms with Crippen molar-refractivity contribution in [3.8, 4) is 11.4 Å². The number of aromatic amines is 1. The Bertz CT molecular complexity index is 1540. The van der Waals surface area contributed by atoms with E-state index in [-0.39, 0.29) is 11.7 Å². The minimum absolute atomic E-state index is 0.0218. The van der Waals surface area contributed by atoms with E-state index in [1.165, 1.54) is 19.2 Å². The van der Waals surface area contributed by atoms with Gasteiger partial charge in [-0.1, -0.05) is 18.2 Å². The minimum Gasteiger partial charge on any atom is -0.465 e. The summed E-state index contributed by atoms with van der Waals surface area (Å²) in [5.41, 5.74) is 2.29. The number of carbonyl (C=O) groups excluding carboxylic acids is 1. The van der Waals surface area contributed by atoms with Crippen LogP contribution < -0.4 is 5.32 Å². The lowest BCUT2D eigenvalue weighted by Gasteiger charge is -2.39. The van der Waals surface area contributed by atoms with Crippen LogP contribution in [0.4, 0.5) is 11.5 Å². The fraction of sp³-hybridized carbons (Fsp3) is 0.393. The number of hydrogen-bond donors (Lipinski definition) is 2. The molecule has 4 aromatic rings. The average molecular weight is 531 g/mol. The number of nitrogens with one attached hydrogen (secondary N) is 2. The second kappa shape index (κ2) is 10.6. The van der Waals surface area contributed by atoms with Crippen LogP contribution in [-0.4, -0.2) is 76.2 Å². The number of H-pyrrole nitrogens is 1. The zero-order valence-electron chi connectivity index (χ0n) is 21.7. The number of methoxy groups -OCH3 is 1. The van der Waals surface area contributed by atoms with E-state index in [1.54, 1.807) is 24.3 Å². The van der Waals surface area contributed by atoms with Gasteiger partial charge in [0.05, 0.1) is 36.2 Å². The molecule has 2 aromatic heterocycles. The van der Waals surface area contributed by atoms with Crippen LogP contribution in [-0.2, 0) is 9.47 Å². The number of anilines is 1. The Hall–Kier alpha value is -4.09. The van der Waals surface area contributed by atoms with Crippen molar-refractivity contribution >= 4 is 39.4 Å². The topological polar surface area (TPSA) is 136 Å². The lowest BCUT2D eigenvalue weighted by Crippen LogP contribution is -2.46. The quantitative estimate of drug-likeness (QED) is 0.209. The van der Waals surface area contributed by atoms with Gasteiger partial charge in [0.15, 0.2) is 5.82 Å². The number of fused-ring (bicyclic) bond motifs is 3. The number of carbonyl (C=O) groups is 1. The molecule has 11 heteroatoms. The smallest absolute Gasteiger partial charge is 0.337 e. The molecule has 2 N–H and O–H groups in total.